The predicted octanol–water partition coefficient (Wildman–Crippen LogP) is 3.92. The molecule has 0 aliphatic carbocycles. The van der Waals surface area contributed by atoms with Crippen LogP contribution in [-0.2, 0) is 12.8 Å². The molecular weight excluding hydrogens is 290 g/mol. The Morgan fingerprint density at radius 3 is 2.80 bits per heavy atom. The first kappa shape index (κ1) is 15.1. The molecule has 108 valence electrons. The van der Waals surface area contributed by atoms with Crippen molar-refractivity contribution in [2.24, 2.45) is 5.92 Å². The third kappa shape index (κ3) is 3.43. The number of thiophene rings is 1. The van der Waals surface area contributed by atoms with Crippen LogP contribution in [0.25, 0.3) is 0 Å². The zero-order chi connectivity index (χ0) is 14.7. The summed E-state index contributed by atoms with van der Waals surface area (Å²) >= 11 is 3.07. The molecule has 0 unspecified atom stereocenters. The molecule has 0 atom stereocenters. The number of rotatable bonds is 5. The highest BCUT2D eigenvalue weighted by molar-refractivity contribution is 7.15. The lowest BCUT2D eigenvalue weighted by molar-refractivity contribution is 0.102. The minimum Gasteiger partial charge on any atom is -0.296 e. The van der Waals surface area contributed by atoms with Crippen LogP contribution in [0.2, 0.25) is 0 Å². The lowest BCUT2D eigenvalue weighted by Crippen LogP contribution is -2.12. The van der Waals surface area contributed by atoms with Crippen molar-refractivity contribution in [3.63, 3.8) is 0 Å². The van der Waals surface area contributed by atoms with Gasteiger partial charge in [0.25, 0.3) is 5.91 Å². The Kier molecular flexibility index (Phi) is 4.88. The lowest BCUT2D eigenvalue weighted by Gasteiger charge is -2.02. The molecule has 0 fully saturated rings. The number of hydrogen-bond donors (Lipinski definition) is 1. The maximum absolute atomic E-state index is 12.3. The topological polar surface area (TPSA) is 54.9 Å². The molecule has 1 N–H and O–H groups in total. The van der Waals surface area contributed by atoms with Gasteiger partial charge in [-0.1, -0.05) is 32.1 Å². The SMILES string of the molecule is CCc1c(C(=O)Nc2nnc(CC(C)C)s2)csc1C. The highest BCUT2D eigenvalue weighted by atomic mass is 32.1. The zero-order valence-electron chi connectivity index (χ0n) is 12.2. The summed E-state index contributed by atoms with van der Waals surface area (Å²) in [5.41, 5.74) is 1.88. The van der Waals surface area contributed by atoms with Gasteiger partial charge in [-0.2, -0.15) is 0 Å². The molecule has 0 aliphatic rings. The first-order chi connectivity index (χ1) is 9.51. The first-order valence-electron chi connectivity index (χ1n) is 6.72. The molecule has 6 heteroatoms. The first-order valence-corrected chi connectivity index (χ1v) is 8.41. The van der Waals surface area contributed by atoms with Crippen molar-refractivity contribution in [1.29, 1.82) is 0 Å². The van der Waals surface area contributed by atoms with Crippen molar-refractivity contribution < 1.29 is 4.79 Å². The van der Waals surface area contributed by atoms with Gasteiger partial charge in [0.05, 0.1) is 5.56 Å². The zero-order valence-corrected chi connectivity index (χ0v) is 13.8. The van der Waals surface area contributed by atoms with Crippen LogP contribution in [-0.4, -0.2) is 16.1 Å². The Morgan fingerprint density at radius 1 is 1.40 bits per heavy atom. The van der Waals surface area contributed by atoms with Gasteiger partial charge in [-0.05, 0) is 24.8 Å². The maximum Gasteiger partial charge on any atom is 0.258 e. The van der Waals surface area contributed by atoms with Crippen molar-refractivity contribution in [3.8, 4) is 0 Å². The standard InChI is InChI=1S/C14H19N3OS2/c1-5-10-9(4)19-7-11(10)13(18)15-14-17-16-12(20-14)6-8(2)3/h7-8H,5-6H2,1-4H3,(H,15,17,18). The lowest BCUT2D eigenvalue weighted by atomic mass is 10.1. The van der Waals surface area contributed by atoms with Crippen molar-refractivity contribution in [2.45, 2.75) is 40.5 Å². The number of carbonyl (C=O) groups is 1. The predicted molar refractivity (Wildman–Crippen MR) is 84.8 cm³/mol. The van der Waals surface area contributed by atoms with E-state index in [0.717, 1.165) is 29.0 Å². The molecule has 0 spiro atoms. The molecular formula is C14H19N3OS2. The van der Waals surface area contributed by atoms with Crippen molar-refractivity contribution >= 4 is 33.7 Å². The van der Waals surface area contributed by atoms with Crippen molar-refractivity contribution in [1.82, 2.24) is 10.2 Å². The molecule has 0 aromatic carbocycles. The van der Waals surface area contributed by atoms with Crippen LogP contribution in [0.15, 0.2) is 5.38 Å². The number of aromatic nitrogens is 2. The summed E-state index contributed by atoms with van der Waals surface area (Å²) in [5.74, 6) is 0.455. The Morgan fingerprint density at radius 2 is 2.15 bits per heavy atom. The van der Waals surface area contributed by atoms with Crippen LogP contribution in [0.1, 0.15) is 46.6 Å². The van der Waals surface area contributed by atoms with Crippen LogP contribution in [0, 0.1) is 12.8 Å². The molecule has 2 heterocycles. The maximum atomic E-state index is 12.3. The number of carbonyl (C=O) groups excluding carboxylic acids is 1. The Labute approximate surface area is 127 Å². The minimum atomic E-state index is -0.0848. The van der Waals surface area contributed by atoms with E-state index >= 15 is 0 Å². The molecule has 0 bridgehead atoms. The molecule has 0 saturated carbocycles. The van der Waals surface area contributed by atoms with Gasteiger partial charge in [0.15, 0.2) is 0 Å². The van der Waals surface area contributed by atoms with E-state index in [2.05, 4.69) is 36.3 Å². The molecule has 20 heavy (non-hydrogen) atoms. The van der Waals surface area contributed by atoms with Crippen molar-refractivity contribution in [2.75, 3.05) is 5.32 Å². The average Bonchev–Trinajstić information content (AvgIpc) is 2.95. The average molecular weight is 309 g/mol. The summed E-state index contributed by atoms with van der Waals surface area (Å²) in [6.07, 6.45) is 1.76. The van der Waals surface area contributed by atoms with Crippen LogP contribution in [0.3, 0.4) is 0 Å². The van der Waals surface area contributed by atoms with Gasteiger partial charge in [-0.15, -0.1) is 21.5 Å². The fourth-order valence-corrected chi connectivity index (χ4v) is 3.90. The highest BCUT2D eigenvalue weighted by Crippen LogP contribution is 2.24. The van der Waals surface area contributed by atoms with Gasteiger partial charge in [0.2, 0.25) is 5.13 Å². The summed E-state index contributed by atoms with van der Waals surface area (Å²) < 4.78 is 0. The van der Waals surface area contributed by atoms with E-state index in [0.29, 0.717) is 11.0 Å². The Bertz CT molecular complexity index is 601. The number of nitrogens with one attached hydrogen (secondary N) is 1. The van der Waals surface area contributed by atoms with E-state index in [1.165, 1.54) is 16.2 Å². The second-order valence-corrected chi connectivity index (χ2v) is 7.24. The second-order valence-electron chi connectivity index (χ2n) is 5.09. The van der Waals surface area contributed by atoms with E-state index in [4.69, 9.17) is 0 Å². The van der Waals surface area contributed by atoms with Gasteiger partial charge in [0, 0.05) is 16.7 Å². The van der Waals surface area contributed by atoms with Gasteiger partial charge >= 0.3 is 0 Å². The summed E-state index contributed by atoms with van der Waals surface area (Å²) in [6, 6.07) is 0. The monoisotopic (exact) mass is 309 g/mol. The number of anilines is 1. The number of amides is 1. The fourth-order valence-electron chi connectivity index (χ4n) is 2.01. The van der Waals surface area contributed by atoms with E-state index in [9.17, 15) is 4.79 Å². The van der Waals surface area contributed by atoms with Crippen LogP contribution >= 0.6 is 22.7 Å². The summed E-state index contributed by atoms with van der Waals surface area (Å²) in [7, 11) is 0. The molecule has 2 aromatic heterocycles. The smallest absolute Gasteiger partial charge is 0.258 e. The summed E-state index contributed by atoms with van der Waals surface area (Å²) in [5, 5.41) is 14.5. The van der Waals surface area contributed by atoms with Gasteiger partial charge in [-0.3, -0.25) is 10.1 Å². The van der Waals surface area contributed by atoms with E-state index in [-0.39, 0.29) is 5.91 Å². The summed E-state index contributed by atoms with van der Waals surface area (Å²) in [4.78, 5) is 13.5. The molecule has 0 aliphatic heterocycles. The minimum absolute atomic E-state index is 0.0848. The van der Waals surface area contributed by atoms with Gasteiger partial charge < -0.3 is 0 Å². The van der Waals surface area contributed by atoms with Gasteiger partial charge in [-0.25, -0.2) is 0 Å². The molecule has 1 amide bonds. The molecule has 0 saturated heterocycles. The molecule has 2 aromatic rings. The number of hydrogen-bond acceptors (Lipinski definition) is 5. The third-order valence-corrected chi connectivity index (χ3v) is 4.79. The largest absolute Gasteiger partial charge is 0.296 e. The summed E-state index contributed by atoms with van der Waals surface area (Å²) in [6.45, 7) is 8.39. The van der Waals surface area contributed by atoms with Crippen molar-refractivity contribution in [3.05, 3.63) is 26.4 Å². The quantitative estimate of drug-likeness (QED) is 0.910. The van der Waals surface area contributed by atoms with Crippen LogP contribution < -0.4 is 5.32 Å². The normalized spacial score (nSPS) is 11.1. The van der Waals surface area contributed by atoms with Gasteiger partial charge in [0.1, 0.15) is 5.01 Å². The Hall–Kier alpha value is -1.27. The third-order valence-electron chi connectivity index (χ3n) is 2.97. The van der Waals surface area contributed by atoms with E-state index < -0.39 is 0 Å². The van der Waals surface area contributed by atoms with Crippen LogP contribution in [0.4, 0.5) is 5.13 Å². The number of aryl methyl sites for hydroxylation is 1. The van der Waals surface area contributed by atoms with E-state index in [1.807, 2.05) is 12.3 Å². The molecule has 0 radical (unpaired) electrons. The number of nitrogens with zero attached hydrogens (tertiary/aromatic N) is 2. The second kappa shape index (κ2) is 6.45. The van der Waals surface area contributed by atoms with Crippen LogP contribution in [0.5, 0.6) is 0 Å². The Balaban J connectivity index is 2.09. The molecule has 2 rings (SSSR count). The fraction of sp³-hybridized carbons (Fsp3) is 0.500. The van der Waals surface area contributed by atoms with E-state index in [1.54, 1.807) is 11.3 Å². The molecule has 4 nitrogen and oxygen atoms in total. The highest BCUT2D eigenvalue weighted by Gasteiger charge is 2.16.